The van der Waals surface area contributed by atoms with Crippen molar-refractivity contribution >= 4 is 64.0 Å². The summed E-state index contributed by atoms with van der Waals surface area (Å²) < 4.78 is 2.63. The smallest absolute Gasteiger partial charge is 0.161 e. The highest BCUT2D eigenvalue weighted by Gasteiger charge is 2.17. The van der Waals surface area contributed by atoms with Crippen LogP contribution in [-0.2, 0) is 0 Å². The second-order valence-corrected chi connectivity index (χ2v) is 10.4. The summed E-state index contributed by atoms with van der Waals surface area (Å²) in [4.78, 5) is 10.4. The van der Waals surface area contributed by atoms with Gasteiger partial charge in [0.15, 0.2) is 5.82 Å². The Morgan fingerprint density at radius 3 is 2.14 bits per heavy atom. The maximum Gasteiger partial charge on any atom is 0.161 e. The molecule has 0 bridgehead atoms. The molecule has 0 aliphatic rings. The first-order chi connectivity index (χ1) is 18.3. The summed E-state index contributed by atoms with van der Waals surface area (Å²) in [5.74, 6) is 0.757. The van der Waals surface area contributed by atoms with Gasteiger partial charge in [0, 0.05) is 42.1 Å². The molecule has 0 spiro atoms. The van der Waals surface area contributed by atoms with Gasteiger partial charge < -0.3 is 0 Å². The molecule has 8 aromatic rings. The van der Waals surface area contributed by atoms with Crippen LogP contribution >= 0.6 is 11.3 Å². The van der Waals surface area contributed by atoms with Gasteiger partial charge in [-0.05, 0) is 28.3 Å². The SMILES string of the molecule is c1ccc(-c2nc(-c3cccc4c3ccc3c5ccccc5sc43)nc3ccc4ccccc4c23)cc1. The molecule has 2 aromatic heterocycles. The van der Waals surface area contributed by atoms with Crippen LogP contribution < -0.4 is 0 Å². The largest absolute Gasteiger partial charge is 0.228 e. The second-order valence-electron chi connectivity index (χ2n) is 9.38. The zero-order valence-electron chi connectivity index (χ0n) is 19.8. The van der Waals surface area contributed by atoms with E-state index in [0.29, 0.717) is 0 Å². The predicted octanol–water partition coefficient (Wildman–Crippen LogP) is 9.64. The average molecular weight is 489 g/mol. The van der Waals surface area contributed by atoms with Gasteiger partial charge in [-0.3, -0.25) is 0 Å². The van der Waals surface area contributed by atoms with E-state index in [1.54, 1.807) is 0 Å². The minimum Gasteiger partial charge on any atom is -0.228 e. The number of hydrogen-bond acceptors (Lipinski definition) is 3. The van der Waals surface area contributed by atoms with Gasteiger partial charge in [-0.25, -0.2) is 9.97 Å². The van der Waals surface area contributed by atoms with Crippen molar-refractivity contribution < 1.29 is 0 Å². The summed E-state index contributed by atoms with van der Waals surface area (Å²) in [5.41, 5.74) is 4.09. The third-order valence-electron chi connectivity index (χ3n) is 7.28. The first-order valence-electron chi connectivity index (χ1n) is 12.4. The van der Waals surface area contributed by atoms with Gasteiger partial charge in [-0.15, -0.1) is 11.3 Å². The van der Waals surface area contributed by atoms with E-state index in [9.17, 15) is 0 Å². The fourth-order valence-corrected chi connectivity index (χ4v) is 6.79. The zero-order valence-corrected chi connectivity index (χ0v) is 20.7. The summed E-state index contributed by atoms with van der Waals surface area (Å²) in [6.45, 7) is 0. The van der Waals surface area contributed by atoms with Gasteiger partial charge in [0.05, 0.1) is 11.2 Å². The molecule has 0 N–H and O–H groups in total. The Balaban J connectivity index is 1.46. The molecule has 0 aliphatic carbocycles. The molecular weight excluding hydrogens is 468 g/mol. The number of rotatable bonds is 2. The maximum absolute atomic E-state index is 5.26. The summed E-state index contributed by atoms with van der Waals surface area (Å²) >= 11 is 1.86. The van der Waals surface area contributed by atoms with Crippen LogP contribution in [0.4, 0.5) is 0 Å². The first kappa shape index (κ1) is 20.6. The highest BCUT2D eigenvalue weighted by Crippen LogP contribution is 2.41. The van der Waals surface area contributed by atoms with Crippen molar-refractivity contribution in [2.24, 2.45) is 0 Å². The molecule has 6 aromatic carbocycles. The first-order valence-corrected chi connectivity index (χ1v) is 13.2. The Morgan fingerprint density at radius 1 is 0.486 bits per heavy atom. The van der Waals surface area contributed by atoms with Gasteiger partial charge in [-0.2, -0.15) is 0 Å². The van der Waals surface area contributed by atoms with Gasteiger partial charge in [0.25, 0.3) is 0 Å². The molecule has 0 saturated carbocycles. The Hall–Kier alpha value is -4.60. The Kier molecular flexibility index (Phi) is 4.42. The molecule has 3 heteroatoms. The number of fused-ring (bicyclic) bond motifs is 8. The molecule has 2 heterocycles. The van der Waals surface area contributed by atoms with E-state index in [1.165, 1.54) is 41.7 Å². The lowest BCUT2D eigenvalue weighted by molar-refractivity contribution is 1.24. The molecule has 0 amide bonds. The zero-order chi connectivity index (χ0) is 24.3. The van der Waals surface area contributed by atoms with Gasteiger partial charge in [0.2, 0.25) is 0 Å². The molecule has 8 rings (SSSR count). The van der Waals surface area contributed by atoms with Crippen LogP contribution in [0.25, 0.3) is 75.3 Å². The minimum absolute atomic E-state index is 0.757. The van der Waals surface area contributed by atoms with E-state index in [4.69, 9.17) is 9.97 Å². The standard InChI is InChI=1S/C34H20N2S/c1-2-10-22(11-3-1)32-31-23-12-5-4-9-21(23)17-20-29(31)35-34(36-32)28-15-8-14-26-24(28)18-19-27-25-13-6-7-16-30(25)37-33(26)27/h1-20H. The molecular formula is C34H20N2S. The molecule has 0 unspecified atom stereocenters. The molecule has 0 aliphatic heterocycles. The normalized spacial score (nSPS) is 11.8. The number of thiophene rings is 1. The summed E-state index contributed by atoms with van der Waals surface area (Å²) in [7, 11) is 0. The molecule has 0 saturated heterocycles. The van der Waals surface area contributed by atoms with Crippen molar-refractivity contribution in [3.63, 3.8) is 0 Å². The van der Waals surface area contributed by atoms with Gasteiger partial charge in [0.1, 0.15) is 0 Å². The predicted molar refractivity (Wildman–Crippen MR) is 158 cm³/mol. The van der Waals surface area contributed by atoms with Crippen LogP contribution in [0.2, 0.25) is 0 Å². The van der Waals surface area contributed by atoms with Crippen molar-refractivity contribution in [1.29, 1.82) is 0 Å². The van der Waals surface area contributed by atoms with Crippen LogP contribution in [-0.4, -0.2) is 9.97 Å². The van der Waals surface area contributed by atoms with Gasteiger partial charge in [-0.1, -0.05) is 109 Å². The van der Waals surface area contributed by atoms with E-state index in [2.05, 4.69) is 115 Å². The van der Waals surface area contributed by atoms with Crippen LogP contribution in [0.3, 0.4) is 0 Å². The fraction of sp³-hybridized carbons (Fsp3) is 0. The van der Waals surface area contributed by atoms with Crippen LogP contribution in [0.5, 0.6) is 0 Å². The van der Waals surface area contributed by atoms with Crippen LogP contribution in [0.1, 0.15) is 0 Å². The molecule has 0 atom stereocenters. The van der Waals surface area contributed by atoms with Gasteiger partial charge >= 0.3 is 0 Å². The van der Waals surface area contributed by atoms with Crippen LogP contribution in [0.15, 0.2) is 121 Å². The second kappa shape index (κ2) is 7.95. The van der Waals surface area contributed by atoms with E-state index in [-0.39, 0.29) is 0 Å². The Morgan fingerprint density at radius 2 is 1.22 bits per heavy atom. The lowest BCUT2D eigenvalue weighted by Gasteiger charge is -2.13. The third kappa shape index (κ3) is 3.11. The van der Waals surface area contributed by atoms with Crippen molar-refractivity contribution in [3.8, 4) is 22.6 Å². The third-order valence-corrected chi connectivity index (χ3v) is 8.50. The van der Waals surface area contributed by atoms with Crippen molar-refractivity contribution in [2.45, 2.75) is 0 Å². The average Bonchev–Trinajstić information content (AvgIpc) is 3.36. The highest BCUT2D eigenvalue weighted by molar-refractivity contribution is 7.26. The summed E-state index contributed by atoms with van der Waals surface area (Å²) in [6.07, 6.45) is 0. The monoisotopic (exact) mass is 488 g/mol. The highest BCUT2D eigenvalue weighted by atomic mass is 32.1. The molecule has 0 fully saturated rings. The number of benzene rings is 6. The number of nitrogens with zero attached hydrogens (tertiary/aromatic N) is 2. The van der Waals surface area contributed by atoms with E-state index < -0.39 is 0 Å². The van der Waals surface area contributed by atoms with Crippen molar-refractivity contribution in [3.05, 3.63) is 121 Å². The maximum atomic E-state index is 5.26. The Labute approximate surface area is 217 Å². The lowest BCUT2D eigenvalue weighted by atomic mass is 9.98. The Bertz CT molecular complexity index is 2140. The fourth-order valence-electron chi connectivity index (χ4n) is 5.56. The van der Waals surface area contributed by atoms with E-state index in [0.717, 1.165) is 33.5 Å². The number of aromatic nitrogens is 2. The molecule has 37 heavy (non-hydrogen) atoms. The van der Waals surface area contributed by atoms with E-state index in [1.807, 2.05) is 17.4 Å². The van der Waals surface area contributed by atoms with Crippen molar-refractivity contribution in [2.75, 3.05) is 0 Å². The van der Waals surface area contributed by atoms with Crippen molar-refractivity contribution in [1.82, 2.24) is 9.97 Å². The number of hydrogen-bond donors (Lipinski definition) is 0. The topological polar surface area (TPSA) is 25.8 Å². The van der Waals surface area contributed by atoms with Crippen LogP contribution in [0, 0.1) is 0 Å². The minimum atomic E-state index is 0.757. The lowest BCUT2D eigenvalue weighted by Crippen LogP contribution is -1.96. The summed E-state index contributed by atoms with van der Waals surface area (Å²) in [6, 6.07) is 42.9. The molecule has 172 valence electrons. The molecule has 0 radical (unpaired) electrons. The quantitative estimate of drug-likeness (QED) is 0.226. The summed E-state index contributed by atoms with van der Waals surface area (Å²) in [5, 5.41) is 8.52. The van der Waals surface area contributed by atoms with E-state index >= 15 is 0 Å². The molecule has 2 nitrogen and oxygen atoms in total.